The molecule has 0 unspecified atom stereocenters. The van der Waals surface area contributed by atoms with Gasteiger partial charge in [0.25, 0.3) is 0 Å². The summed E-state index contributed by atoms with van der Waals surface area (Å²) in [6.07, 6.45) is 1.97. The van der Waals surface area contributed by atoms with Crippen LogP contribution in [0.5, 0.6) is 0 Å². The van der Waals surface area contributed by atoms with E-state index in [0.29, 0.717) is 22.9 Å². The summed E-state index contributed by atoms with van der Waals surface area (Å²) in [5.74, 6) is 0.669. The Morgan fingerprint density at radius 1 is 1.43 bits per heavy atom. The monoisotopic (exact) mass is 337 g/mol. The number of hydrogen-bond donors (Lipinski definition) is 2. The maximum Gasteiger partial charge on any atom is 0.227 e. The molecule has 0 fully saturated rings. The van der Waals surface area contributed by atoms with Crippen LogP contribution in [0.25, 0.3) is 10.7 Å². The van der Waals surface area contributed by atoms with Gasteiger partial charge in [-0.3, -0.25) is 14.5 Å². The first-order valence-electron chi connectivity index (χ1n) is 6.12. The highest BCUT2D eigenvalue weighted by Crippen LogP contribution is 2.23. The van der Waals surface area contributed by atoms with Crippen molar-refractivity contribution in [3.8, 4) is 10.7 Å². The van der Waals surface area contributed by atoms with Gasteiger partial charge >= 0.3 is 0 Å². The summed E-state index contributed by atoms with van der Waals surface area (Å²) in [6.45, 7) is 0.472. The molecule has 0 aliphatic heterocycles. The minimum absolute atomic E-state index is 0.0924. The molecule has 1 amide bonds. The molecule has 0 aromatic carbocycles. The molecule has 3 aromatic heterocycles. The van der Waals surface area contributed by atoms with Gasteiger partial charge < -0.3 is 5.32 Å². The van der Waals surface area contributed by atoms with Gasteiger partial charge in [-0.25, -0.2) is 4.98 Å². The van der Waals surface area contributed by atoms with Gasteiger partial charge in [-0.05, 0) is 23.7 Å². The SMILES string of the molecule is O=C(CCn1c(-c2cccs2)n[nH]c1=S)Nc1nccs1. The van der Waals surface area contributed by atoms with E-state index in [2.05, 4.69) is 20.5 Å². The number of amides is 1. The molecule has 2 N–H and O–H groups in total. The highest BCUT2D eigenvalue weighted by molar-refractivity contribution is 7.71. The molecule has 0 aliphatic carbocycles. The summed E-state index contributed by atoms with van der Waals surface area (Å²) in [5, 5.41) is 14.2. The molecular formula is C12H11N5OS3. The van der Waals surface area contributed by atoms with Crippen LogP contribution in [0.15, 0.2) is 29.1 Å². The van der Waals surface area contributed by atoms with E-state index in [-0.39, 0.29) is 5.91 Å². The fourth-order valence-corrected chi connectivity index (χ4v) is 3.29. The fourth-order valence-electron chi connectivity index (χ4n) is 1.80. The van der Waals surface area contributed by atoms with Crippen molar-refractivity contribution in [1.82, 2.24) is 19.7 Å². The van der Waals surface area contributed by atoms with Crippen molar-refractivity contribution >= 4 is 45.9 Å². The molecule has 6 nitrogen and oxygen atoms in total. The Morgan fingerprint density at radius 3 is 3.05 bits per heavy atom. The van der Waals surface area contributed by atoms with Crippen molar-refractivity contribution in [3.63, 3.8) is 0 Å². The molecule has 0 saturated heterocycles. The lowest BCUT2D eigenvalue weighted by atomic mass is 10.3. The number of nitrogens with zero attached hydrogens (tertiary/aromatic N) is 3. The zero-order chi connectivity index (χ0) is 14.7. The van der Waals surface area contributed by atoms with Crippen molar-refractivity contribution in [3.05, 3.63) is 33.9 Å². The van der Waals surface area contributed by atoms with Gasteiger partial charge in [0.15, 0.2) is 15.7 Å². The van der Waals surface area contributed by atoms with Gasteiger partial charge in [0.2, 0.25) is 5.91 Å². The number of thiazole rings is 1. The van der Waals surface area contributed by atoms with E-state index in [0.717, 1.165) is 10.7 Å². The maximum atomic E-state index is 11.9. The Bertz CT molecular complexity index is 772. The molecule has 0 spiro atoms. The zero-order valence-electron chi connectivity index (χ0n) is 10.8. The van der Waals surface area contributed by atoms with Crippen LogP contribution in [0, 0.1) is 4.77 Å². The van der Waals surface area contributed by atoms with E-state index >= 15 is 0 Å². The number of anilines is 1. The number of carbonyl (C=O) groups is 1. The molecular weight excluding hydrogens is 326 g/mol. The Morgan fingerprint density at radius 2 is 2.33 bits per heavy atom. The number of aromatic nitrogens is 4. The van der Waals surface area contributed by atoms with Crippen LogP contribution in [0.3, 0.4) is 0 Å². The second kappa shape index (κ2) is 6.29. The van der Waals surface area contributed by atoms with Crippen molar-refractivity contribution in [1.29, 1.82) is 0 Å². The van der Waals surface area contributed by atoms with Gasteiger partial charge in [-0.2, -0.15) is 5.10 Å². The van der Waals surface area contributed by atoms with Crippen LogP contribution < -0.4 is 5.32 Å². The summed E-state index contributed by atoms with van der Waals surface area (Å²) in [4.78, 5) is 16.9. The first-order valence-corrected chi connectivity index (χ1v) is 8.29. The van der Waals surface area contributed by atoms with E-state index in [1.54, 1.807) is 17.5 Å². The third-order valence-electron chi connectivity index (χ3n) is 2.74. The molecule has 108 valence electrons. The van der Waals surface area contributed by atoms with Gasteiger partial charge in [0, 0.05) is 24.5 Å². The van der Waals surface area contributed by atoms with Gasteiger partial charge in [0.1, 0.15) is 0 Å². The number of hydrogen-bond acceptors (Lipinski definition) is 6. The molecule has 3 rings (SSSR count). The Labute approximate surface area is 133 Å². The van der Waals surface area contributed by atoms with Crippen LogP contribution >= 0.6 is 34.9 Å². The summed E-state index contributed by atoms with van der Waals surface area (Å²) < 4.78 is 2.35. The minimum atomic E-state index is -0.0924. The molecule has 0 bridgehead atoms. The zero-order valence-corrected chi connectivity index (χ0v) is 13.2. The predicted molar refractivity (Wildman–Crippen MR) is 86.1 cm³/mol. The molecule has 3 aromatic rings. The first-order chi connectivity index (χ1) is 10.2. The lowest BCUT2D eigenvalue weighted by Gasteiger charge is -2.05. The normalized spacial score (nSPS) is 10.7. The molecule has 21 heavy (non-hydrogen) atoms. The Hall–Kier alpha value is -1.84. The quantitative estimate of drug-likeness (QED) is 0.701. The molecule has 3 heterocycles. The third kappa shape index (κ3) is 3.26. The second-order valence-corrected chi connectivity index (χ2v) is 6.35. The van der Waals surface area contributed by atoms with Crippen molar-refractivity contribution < 1.29 is 4.79 Å². The summed E-state index contributed by atoms with van der Waals surface area (Å²) in [5.41, 5.74) is 0. The third-order valence-corrected chi connectivity index (χ3v) is 4.61. The topological polar surface area (TPSA) is 75.6 Å². The van der Waals surface area contributed by atoms with Crippen LogP contribution in [-0.4, -0.2) is 25.7 Å². The number of nitrogens with one attached hydrogen (secondary N) is 2. The number of carbonyl (C=O) groups excluding carboxylic acids is 1. The molecule has 0 atom stereocenters. The molecule has 0 saturated carbocycles. The lowest BCUT2D eigenvalue weighted by molar-refractivity contribution is -0.116. The van der Waals surface area contributed by atoms with Gasteiger partial charge in [-0.1, -0.05) is 6.07 Å². The second-order valence-electron chi connectivity index (χ2n) is 4.12. The van der Waals surface area contributed by atoms with Crippen LogP contribution in [-0.2, 0) is 11.3 Å². The highest BCUT2D eigenvalue weighted by Gasteiger charge is 2.11. The smallest absolute Gasteiger partial charge is 0.227 e. The molecule has 9 heteroatoms. The first kappa shape index (κ1) is 14.1. The van der Waals surface area contributed by atoms with Crippen LogP contribution in [0.4, 0.5) is 5.13 Å². The number of thiophene rings is 1. The standard InChI is InChI=1S/C12H11N5OS3/c18-9(14-11-13-4-7-21-11)3-5-17-10(15-16-12(17)19)8-2-1-6-20-8/h1-2,4,6-7H,3,5H2,(H,16,19)(H,13,14,18). The van der Waals surface area contributed by atoms with E-state index in [1.807, 2.05) is 27.5 Å². The van der Waals surface area contributed by atoms with Crippen molar-refractivity contribution in [2.45, 2.75) is 13.0 Å². The number of aromatic amines is 1. The summed E-state index contributed by atoms with van der Waals surface area (Å²) in [7, 11) is 0. The highest BCUT2D eigenvalue weighted by atomic mass is 32.1. The number of rotatable bonds is 5. The maximum absolute atomic E-state index is 11.9. The average molecular weight is 337 g/mol. The molecule has 0 radical (unpaired) electrons. The van der Waals surface area contributed by atoms with Gasteiger partial charge in [0.05, 0.1) is 4.88 Å². The average Bonchev–Trinajstić information content (AvgIpc) is 3.17. The summed E-state index contributed by atoms with van der Waals surface area (Å²) in [6, 6.07) is 3.93. The molecule has 0 aliphatic rings. The van der Waals surface area contributed by atoms with Crippen molar-refractivity contribution in [2.24, 2.45) is 0 Å². The lowest BCUT2D eigenvalue weighted by Crippen LogP contribution is -2.14. The fraction of sp³-hybridized carbons (Fsp3) is 0.167. The summed E-state index contributed by atoms with van der Waals surface area (Å²) >= 11 is 8.20. The van der Waals surface area contributed by atoms with E-state index < -0.39 is 0 Å². The van der Waals surface area contributed by atoms with Crippen molar-refractivity contribution in [2.75, 3.05) is 5.32 Å². The van der Waals surface area contributed by atoms with Crippen LogP contribution in [0.2, 0.25) is 0 Å². The predicted octanol–water partition coefficient (Wildman–Crippen LogP) is 3.15. The largest absolute Gasteiger partial charge is 0.302 e. The Kier molecular flexibility index (Phi) is 4.23. The van der Waals surface area contributed by atoms with Crippen LogP contribution in [0.1, 0.15) is 6.42 Å². The van der Waals surface area contributed by atoms with Gasteiger partial charge in [-0.15, -0.1) is 22.7 Å². The Balaban J connectivity index is 1.69. The van der Waals surface area contributed by atoms with E-state index in [1.165, 1.54) is 11.3 Å². The minimum Gasteiger partial charge on any atom is -0.302 e. The number of H-pyrrole nitrogens is 1. The van der Waals surface area contributed by atoms with E-state index in [9.17, 15) is 4.79 Å². The van der Waals surface area contributed by atoms with E-state index in [4.69, 9.17) is 12.2 Å².